The molecule has 0 atom stereocenters. The predicted octanol–water partition coefficient (Wildman–Crippen LogP) is 4.86. The van der Waals surface area contributed by atoms with Crippen LogP contribution >= 0.6 is 11.6 Å². The van der Waals surface area contributed by atoms with Crippen molar-refractivity contribution in [1.29, 1.82) is 0 Å². The lowest BCUT2D eigenvalue weighted by molar-refractivity contribution is -0.136. The second-order valence-corrected chi connectivity index (χ2v) is 6.84. The molecular weight excluding hydrogens is 366 g/mol. The van der Waals surface area contributed by atoms with Crippen LogP contribution in [0.1, 0.15) is 29.2 Å². The van der Waals surface area contributed by atoms with Crippen molar-refractivity contribution in [2.75, 3.05) is 7.11 Å². The zero-order chi connectivity index (χ0) is 19.6. The molecule has 0 unspecified atom stereocenters. The van der Waals surface area contributed by atoms with E-state index in [1.807, 2.05) is 13.8 Å². The van der Waals surface area contributed by atoms with Crippen LogP contribution in [0.4, 0.5) is 0 Å². The molecule has 0 radical (unpaired) electrons. The molecule has 1 aliphatic rings. The normalized spacial score (nSPS) is 14.9. The molecule has 0 N–H and O–H groups in total. The Bertz CT molecular complexity index is 943. The maximum absolute atomic E-state index is 11.7. The van der Waals surface area contributed by atoms with Crippen LogP contribution in [-0.2, 0) is 16.2 Å². The van der Waals surface area contributed by atoms with Crippen molar-refractivity contribution in [3.8, 4) is 11.5 Å². The van der Waals surface area contributed by atoms with Crippen molar-refractivity contribution >= 4 is 29.4 Å². The highest BCUT2D eigenvalue weighted by Crippen LogP contribution is 2.37. The maximum atomic E-state index is 11.7. The number of benzene rings is 2. The summed E-state index contributed by atoms with van der Waals surface area (Å²) in [5.41, 5.74) is 5.00. The van der Waals surface area contributed by atoms with Crippen LogP contribution < -0.4 is 9.47 Å². The van der Waals surface area contributed by atoms with Crippen molar-refractivity contribution in [3.05, 3.63) is 63.2 Å². The number of hydrogen-bond donors (Lipinski definition) is 0. The van der Waals surface area contributed by atoms with Gasteiger partial charge in [0.25, 0.3) is 0 Å². The molecule has 1 aliphatic heterocycles. The van der Waals surface area contributed by atoms with E-state index in [0.717, 1.165) is 5.56 Å². The molecule has 0 spiro atoms. The third kappa shape index (κ3) is 4.31. The number of carbonyl (C=O) groups is 1. The molecule has 3 rings (SSSR count). The molecule has 5 nitrogen and oxygen atoms in total. The van der Waals surface area contributed by atoms with Crippen molar-refractivity contribution < 1.29 is 19.1 Å². The highest BCUT2D eigenvalue weighted by molar-refractivity contribution is 6.32. The lowest BCUT2D eigenvalue weighted by Gasteiger charge is -2.14. The van der Waals surface area contributed by atoms with E-state index in [4.69, 9.17) is 21.1 Å². The van der Waals surface area contributed by atoms with Crippen molar-refractivity contribution in [2.24, 2.45) is 5.16 Å². The molecule has 2 aromatic carbocycles. The fourth-order valence-electron chi connectivity index (χ4n) is 2.96. The Hall–Kier alpha value is -2.79. The van der Waals surface area contributed by atoms with E-state index in [1.54, 1.807) is 32.2 Å². The zero-order valence-corrected chi connectivity index (χ0v) is 16.4. The quantitative estimate of drug-likeness (QED) is 0.544. The summed E-state index contributed by atoms with van der Waals surface area (Å²) >= 11 is 6.42. The Morgan fingerprint density at radius 1 is 1.11 bits per heavy atom. The van der Waals surface area contributed by atoms with Gasteiger partial charge in [-0.1, -0.05) is 46.1 Å². The smallest absolute Gasteiger partial charge is 0.367 e. The first kappa shape index (κ1) is 19.0. The summed E-state index contributed by atoms with van der Waals surface area (Å²) in [5.74, 6) is 0.456. The van der Waals surface area contributed by atoms with Gasteiger partial charge in [-0.25, -0.2) is 4.79 Å². The van der Waals surface area contributed by atoms with Gasteiger partial charge in [-0.3, -0.25) is 0 Å². The van der Waals surface area contributed by atoms with Gasteiger partial charge in [0.15, 0.2) is 11.5 Å². The summed E-state index contributed by atoms with van der Waals surface area (Å²) in [6.45, 7) is 6.17. The fraction of sp³-hybridized carbons (Fsp3) is 0.238. The van der Waals surface area contributed by atoms with Crippen molar-refractivity contribution in [3.63, 3.8) is 0 Å². The van der Waals surface area contributed by atoms with Crippen LogP contribution in [0.15, 0.2) is 41.1 Å². The molecule has 0 aromatic heterocycles. The lowest BCUT2D eigenvalue weighted by atomic mass is 10.1. The van der Waals surface area contributed by atoms with Gasteiger partial charge in [0.05, 0.1) is 23.4 Å². The lowest BCUT2D eigenvalue weighted by Crippen LogP contribution is -2.02. The van der Waals surface area contributed by atoms with Crippen LogP contribution in [0.5, 0.6) is 11.5 Å². The highest BCUT2D eigenvalue weighted by atomic mass is 35.5. The number of methoxy groups -OCH3 is 1. The topological polar surface area (TPSA) is 57.1 Å². The third-order valence-corrected chi connectivity index (χ3v) is 4.38. The van der Waals surface area contributed by atoms with Crippen molar-refractivity contribution in [1.82, 2.24) is 0 Å². The van der Waals surface area contributed by atoms with Crippen LogP contribution in [0.2, 0.25) is 5.02 Å². The second-order valence-electron chi connectivity index (χ2n) is 6.43. The summed E-state index contributed by atoms with van der Waals surface area (Å²) in [6.07, 6.45) is 1.66. The fourth-order valence-corrected chi connectivity index (χ4v) is 3.23. The Kier molecular flexibility index (Phi) is 5.51. The second kappa shape index (κ2) is 7.84. The van der Waals surface area contributed by atoms with E-state index in [1.165, 1.54) is 11.1 Å². The largest absolute Gasteiger partial charge is 0.493 e. The van der Waals surface area contributed by atoms with E-state index < -0.39 is 5.97 Å². The first-order valence-corrected chi connectivity index (χ1v) is 8.80. The van der Waals surface area contributed by atoms with Gasteiger partial charge < -0.3 is 14.3 Å². The number of ether oxygens (including phenoxy) is 2. The number of nitrogens with zero attached hydrogens (tertiary/aromatic N) is 1. The maximum Gasteiger partial charge on any atom is 0.367 e. The first-order valence-electron chi connectivity index (χ1n) is 8.43. The number of aryl methyl sites for hydroxylation is 2. The summed E-state index contributed by atoms with van der Waals surface area (Å²) in [4.78, 5) is 16.4. The molecule has 0 saturated carbocycles. The molecule has 0 amide bonds. The van der Waals surface area contributed by atoms with Gasteiger partial charge in [-0.15, -0.1) is 0 Å². The summed E-state index contributed by atoms with van der Waals surface area (Å²) < 4.78 is 11.4. The average Bonchev–Trinajstić information content (AvgIpc) is 2.91. The van der Waals surface area contributed by atoms with Gasteiger partial charge in [0, 0.05) is 0 Å². The minimum Gasteiger partial charge on any atom is -0.493 e. The molecule has 0 aliphatic carbocycles. The Labute approximate surface area is 163 Å². The molecule has 2 aromatic rings. The Morgan fingerprint density at radius 3 is 2.41 bits per heavy atom. The number of hydrogen-bond acceptors (Lipinski definition) is 5. The van der Waals surface area contributed by atoms with Crippen LogP contribution in [-0.4, -0.2) is 18.8 Å². The molecule has 0 fully saturated rings. The molecular formula is C21H20ClNO4. The standard InChI is InChI=1S/C21H20ClNO4/c1-12-5-13(2)7-16(6-12)11-26-20-18(22)9-15(10-19(20)25-4)8-17-14(3)23-27-21(17)24/h5-10H,11H2,1-4H3/b17-8+. The van der Waals surface area contributed by atoms with Gasteiger partial charge in [-0.2, -0.15) is 0 Å². The first-order chi connectivity index (χ1) is 12.9. The van der Waals surface area contributed by atoms with Gasteiger partial charge in [-0.05, 0) is 50.1 Å². The molecule has 1 heterocycles. The number of oxime groups is 1. The molecule has 140 valence electrons. The van der Waals surface area contributed by atoms with E-state index in [0.29, 0.717) is 40.0 Å². The Balaban J connectivity index is 1.87. The Morgan fingerprint density at radius 2 is 1.81 bits per heavy atom. The van der Waals surface area contributed by atoms with E-state index in [2.05, 4.69) is 28.2 Å². The van der Waals surface area contributed by atoms with Crippen LogP contribution in [0.3, 0.4) is 0 Å². The highest BCUT2D eigenvalue weighted by Gasteiger charge is 2.22. The summed E-state index contributed by atoms with van der Waals surface area (Å²) in [7, 11) is 1.54. The van der Waals surface area contributed by atoms with Gasteiger partial charge in [0.1, 0.15) is 6.61 Å². The molecule has 6 heteroatoms. The zero-order valence-electron chi connectivity index (χ0n) is 15.6. The molecule has 0 saturated heterocycles. The third-order valence-electron chi connectivity index (χ3n) is 4.10. The average molecular weight is 386 g/mol. The van der Waals surface area contributed by atoms with Gasteiger partial charge >= 0.3 is 5.97 Å². The predicted molar refractivity (Wildman–Crippen MR) is 105 cm³/mol. The SMILES string of the molecule is COc1cc(/C=C2/C(=O)ON=C2C)cc(Cl)c1OCc1cc(C)cc(C)c1. The van der Waals surface area contributed by atoms with Crippen molar-refractivity contribution in [2.45, 2.75) is 27.4 Å². The minimum absolute atomic E-state index is 0.372. The van der Waals surface area contributed by atoms with E-state index in [9.17, 15) is 4.79 Å². The number of rotatable bonds is 5. The minimum atomic E-state index is -0.488. The molecule has 27 heavy (non-hydrogen) atoms. The number of halogens is 1. The number of carbonyl (C=O) groups excluding carboxylic acids is 1. The summed E-state index contributed by atoms with van der Waals surface area (Å²) in [6, 6.07) is 9.72. The van der Waals surface area contributed by atoms with E-state index >= 15 is 0 Å². The van der Waals surface area contributed by atoms with E-state index in [-0.39, 0.29) is 0 Å². The van der Waals surface area contributed by atoms with Crippen LogP contribution in [0.25, 0.3) is 6.08 Å². The van der Waals surface area contributed by atoms with Crippen LogP contribution in [0, 0.1) is 13.8 Å². The molecule has 0 bridgehead atoms. The summed E-state index contributed by atoms with van der Waals surface area (Å²) in [5, 5.41) is 4.06. The monoisotopic (exact) mass is 385 g/mol. The van der Waals surface area contributed by atoms with Gasteiger partial charge in [0.2, 0.25) is 0 Å².